The van der Waals surface area contributed by atoms with E-state index >= 15 is 0 Å². The molecule has 1 heterocycles. The normalized spacial score (nSPS) is 11.5. The molecule has 18 heavy (non-hydrogen) atoms. The maximum atomic E-state index is 10.6. The Morgan fingerprint density at radius 1 is 1.28 bits per heavy atom. The fourth-order valence-corrected chi connectivity index (χ4v) is 1.44. The molecule has 0 fully saturated rings. The van der Waals surface area contributed by atoms with Gasteiger partial charge in [-0.1, -0.05) is 40.9 Å². The summed E-state index contributed by atoms with van der Waals surface area (Å²) in [6, 6.07) is 5.70. The van der Waals surface area contributed by atoms with E-state index in [1.807, 2.05) is 0 Å². The highest BCUT2D eigenvalue weighted by Crippen LogP contribution is 2.38. The SMILES string of the molecule is O=[N+]([O-])c1cccc(-c2nnc(C(Cl)(Cl)Cl)o2)c1. The molecule has 0 saturated heterocycles. The van der Waals surface area contributed by atoms with Gasteiger partial charge in [-0.2, -0.15) is 0 Å². The summed E-state index contributed by atoms with van der Waals surface area (Å²) in [6.45, 7) is 0. The van der Waals surface area contributed by atoms with Gasteiger partial charge in [-0.15, -0.1) is 10.2 Å². The third-order valence-electron chi connectivity index (χ3n) is 1.97. The van der Waals surface area contributed by atoms with Gasteiger partial charge in [-0.05, 0) is 6.07 Å². The number of aromatic nitrogens is 2. The summed E-state index contributed by atoms with van der Waals surface area (Å²) in [6.07, 6.45) is 0. The molecule has 0 aliphatic rings. The Hall–Kier alpha value is -1.37. The Balaban J connectivity index is 2.40. The third kappa shape index (κ3) is 2.72. The minimum absolute atomic E-state index is 0.0417. The van der Waals surface area contributed by atoms with Crippen LogP contribution in [0.25, 0.3) is 11.5 Å². The second kappa shape index (κ2) is 4.72. The maximum Gasteiger partial charge on any atom is 0.270 e. The van der Waals surface area contributed by atoms with Crippen molar-refractivity contribution in [1.29, 1.82) is 0 Å². The molecule has 2 rings (SSSR count). The Kier molecular flexibility index (Phi) is 3.43. The number of benzene rings is 1. The summed E-state index contributed by atoms with van der Waals surface area (Å²) in [4.78, 5) is 10.1. The summed E-state index contributed by atoms with van der Waals surface area (Å²) in [5, 5.41) is 17.8. The minimum Gasteiger partial charge on any atom is -0.416 e. The average Bonchev–Trinajstić information content (AvgIpc) is 2.78. The van der Waals surface area contributed by atoms with Crippen molar-refractivity contribution in [2.24, 2.45) is 0 Å². The van der Waals surface area contributed by atoms with E-state index < -0.39 is 8.72 Å². The highest BCUT2D eigenvalue weighted by Gasteiger charge is 2.30. The molecule has 0 aliphatic carbocycles. The first-order valence-electron chi connectivity index (χ1n) is 4.53. The highest BCUT2D eigenvalue weighted by atomic mass is 35.6. The number of nitro benzene ring substituents is 1. The summed E-state index contributed by atoms with van der Waals surface area (Å²) < 4.78 is 3.30. The van der Waals surface area contributed by atoms with Crippen LogP contribution < -0.4 is 0 Å². The van der Waals surface area contributed by atoms with Gasteiger partial charge >= 0.3 is 0 Å². The topological polar surface area (TPSA) is 82.1 Å². The minimum atomic E-state index is -1.83. The van der Waals surface area contributed by atoms with Crippen LogP contribution in [0.4, 0.5) is 5.69 Å². The largest absolute Gasteiger partial charge is 0.416 e. The van der Waals surface area contributed by atoms with Gasteiger partial charge in [0, 0.05) is 17.7 Å². The Bertz CT molecular complexity index is 594. The molecule has 0 radical (unpaired) electrons. The molecule has 6 nitrogen and oxygen atoms in total. The molecule has 0 amide bonds. The van der Waals surface area contributed by atoms with Crippen molar-refractivity contribution in [2.45, 2.75) is 3.79 Å². The van der Waals surface area contributed by atoms with E-state index in [0.717, 1.165) is 0 Å². The van der Waals surface area contributed by atoms with E-state index in [9.17, 15) is 10.1 Å². The van der Waals surface area contributed by atoms with Crippen molar-refractivity contribution in [3.63, 3.8) is 0 Å². The maximum absolute atomic E-state index is 10.6. The average molecular weight is 309 g/mol. The molecular weight excluding hydrogens is 304 g/mol. The first-order valence-corrected chi connectivity index (χ1v) is 5.67. The molecule has 0 atom stereocenters. The van der Waals surface area contributed by atoms with Gasteiger partial charge in [-0.25, -0.2) is 0 Å². The van der Waals surface area contributed by atoms with Crippen molar-refractivity contribution in [3.8, 4) is 11.5 Å². The van der Waals surface area contributed by atoms with Gasteiger partial charge in [0.15, 0.2) is 0 Å². The second-order valence-electron chi connectivity index (χ2n) is 3.22. The van der Waals surface area contributed by atoms with Crippen LogP contribution in [0, 0.1) is 10.1 Å². The lowest BCUT2D eigenvalue weighted by Gasteiger charge is -2.02. The van der Waals surface area contributed by atoms with Crippen LogP contribution in [-0.4, -0.2) is 15.1 Å². The number of rotatable bonds is 2. The van der Waals surface area contributed by atoms with Crippen LogP contribution in [0.1, 0.15) is 5.89 Å². The van der Waals surface area contributed by atoms with Crippen molar-refractivity contribution in [3.05, 3.63) is 40.3 Å². The molecule has 94 valence electrons. The van der Waals surface area contributed by atoms with Crippen molar-refractivity contribution < 1.29 is 9.34 Å². The fourth-order valence-electron chi connectivity index (χ4n) is 1.21. The molecule has 0 bridgehead atoms. The highest BCUT2D eigenvalue weighted by molar-refractivity contribution is 6.66. The first-order chi connectivity index (χ1) is 8.38. The van der Waals surface area contributed by atoms with Crippen LogP contribution in [0.15, 0.2) is 28.7 Å². The van der Waals surface area contributed by atoms with Gasteiger partial charge in [0.1, 0.15) is 0 Å². The van der Waals surface area contributed by atoms with E-state index in [4.69, 9.17) is 39.2 Å². The number of halogens is 3. The zero-order valence-corrected chi connectivity index (χ0v) is 10.8. The molecule has 0 aliphatic heterocycles. The third-order valence-corrected chi connectivity index (χ3v) is 2.46. The smallest absolute Gasteiger partial charge is 0.270 e. The van der Waals surface area contributed by atoms with E-state index in [-0.39, 0.29) is 17.5 Å². The van der Waals surface area contributed by atoms with E-state index in [2.05, 4.69) is 10.2 Å². The van der Waals surface area contributed by atoms with Crippen LogP contribution >= 0.6 is 34.8 Å². The predicted octanol–water partition coefficient (Wildman–Crippen LogP) is 3.47. The van der Waals surface area contributed by atoms with Crippen molar-refractivity contribution >= 4 is 40.5 Å². The lowest BCUT2D eigenvalue weighted by Crippen LogP contribution is -1.99. The predicted molar refractivity (Wildman–Crippen MR) is 65.6 cm³/mol. The summed E-state index contributed by atoms with van der Waals surface area (Å²) in [7, 11) is 0. The van der Waals surface area contributed by atoms with Crippen molar-refractivity contribution in [1.82, 2.24) is 10.2 Å². The number of alkyl halides is 3. The van der Waals surface area contributed by atoms with E-state index in [1.165, 1.54) is 18.2 Å². The van der Waals surface area contributed by atoms with Gasteiger partial charge < -0.3 is 4.42 Å². The van der Waals surface area contributed by atoms with Gasteiger partial charge in [-0.3, -0.25) is 10.1 Å². The second-order valence-corrected chi connectivity index (χ2v) is 5.50. The number of nitrogens with zero attached hydrogens (tertiary/aromatic N) is 3. The lowest BCUT2D eigenvalue weighted by atomic mass is 10.2. The molecule has 0 unspecified atom stereocenters. The van der Waals surface area contributed by atoms with Crippen LogP contribution in [0.3, 0.4) is 0 Å². The summed E-state index contributed by atoms with van der Waals surface area (Å²) in [5.41, 5.74) is 0.276. The van der Waals surface area contributed by atoms with Gasteiger partial charge in [0.25, 0.3) is 15.4 Å². The molecule has 0 N–H and O–H groups in total. The number of hydrogen-bond donors (Lipinski definition) is 0. The lowest BCUT2D eigenvalue weighted by molar-refractivity contribution is -0.384. The van der Waals surface area contributed by atoms with Gasteiger partial charge in [0.05, 0.1) is 4.92 Å². The molecule has 1 aromatic heterocycles. The van der Waals surface area contributed by atoms with E-state index in [0.29, 0.717) is 5.56 Å². The fraction of sp³-hybridized carbons (Fsp3) is 0.111. The monoisotopic (exact) mass is 307 g/mol. The number of non-ortho nitro benzene ring substituents is 1. The van der Waals surface area contributed by atoms with Crippen molar-refractivity contribution in [2.75, 3.05) is 0 Å². The molecule has 9 heteroatoms. The van der Waals surface area contributed by atoms with Gasteiger partial charge in [0.2, 0.25) is 5.89 Å². The number of nitro groups is 1. The molecule has 0 saturated carbocycles. The first kappa shape index (κ1) is 13.1. The van der Waals surface area contributed by atoms with E-state index in [1.54, 1.807) is 6.07 Å². The molecular formula is C9H4Cl3N3O3. The zero-order valence-electron chi connectivity index (χ0n) is 8.51. The quantitative estimate of drug-likeness (QED) is 0.482. The Morgan fingerprint density at radius 3 is 2.56 bits per heavy atom. The molecule has 2 aromatic rings. The molecule has 1 aromatic carbocycles. The summed E-state index contributed by atoms with van der Waals surface area (Å²) in [5.74, 6) is -0.158. The standard InChI is InChI=1S/C9H4Cl3N3O3/c10-9(11,12)8-14-13-7(18-8)5-2-1-3-6(4-5)15(16)17/h1-4H. The van der Waals surface area contributed by atoms with Crippen LogP contribution in [0.2, 0.25) is 0 Å². The zero-order chi connectivity index (χ0) is 13.3. The Labute approximate surface area is 116 Å². The number of hydrogen-bond acceptors (Lipinski definition) is 5. The Morgan fingerprint density at radius 2 is 2.00 bits per heavy atom. The molecule has 0 spiro atoms. The van der Waals surface area contributed by atoms with Crippen LogP contribution in [-0.2, 0) is 3.79 Å². The summed E-state index contributed by atoms with van der Waals surface area (Å²) >= 11 is 16.7. The van der Waals surface area contributed by atoms with Crippen LogP contribution in [0.5, 0.6) is 0 Å².